The number of carbonyl (C=O) groups is 2. The van der Waals surface area contributed by atoms with E-state index >= 15 is 0 Å². The first-order valence-electron chi connectivity index (χ1n) is 10.1. The summed E-state index contributed by atoms with van der Waals surface area (Å²) in [4.78, 5) is 25.6. The van der Waals surface area contributed by atoms with Crippen LogP contribution in [-0.2, 0) is 16.1 Å². The zero-order chi connectivity index (χ0) is 21.3. The molecule has 1 aliphatic carbocycles. The van der Waals surface area contributed by atoms with Crippen LogP contribution < -0.4 is 5.32 Å². The molecule has 1 aliphatic heterocycles. The Labute approximate surface area is 187 Å². The second-order valence-corrected chi connectivity index (χ2v) is 9.99. The van der Waals surface area contributed by atoms with E-state index in [4.69, 9.17) is 9.15 Å². The second kappa shape index (κ2) is 9.01. The van der Waals surface area contributed by atoms with Gasteiger partial charge in [-0.25, -0.2) is 4.79 Å². The van der Waals surface area contributed by atoms with E-state index in [1.807, 2.05) is 20.0 Å². The fraction of sp³-hybridized carbons (Fsp3) is 0.476. The number of furan rings is 1. The van der Waals surface area contributed by atoms with Crippen molar-refractivity contribution in [3.63, 3.8) is 0 Å². The Kier molecular flexibility index (Phi) is 6.38. The molecule has 30 heavy (non-hydrogen) atoms. The van der Waals surface area contributed by atoms with Crippen LogP contribution in [0.5, 0.6) is 0 Å². The van der Waals surface area contributed by atoms with Crippen molar-refractivity contribution in [1.29, 1.82) is 0 Å². The second-order valence-electron chi connectivity index (χ2n) is 7.82. The van der Waals surface area contributed by atoms with Gasteiger partial charge in [0.05, 0.1) is 33.9 Å². The third kappa shape index (κ3) is 4.67. The van der Waals surface area contributed by atoms with Gasteiger partial charge in [0.2, 0.25) is 0 Å². The fourth-order valence-corrected chi connectivity index (χ4v) is 5.77. The zero-order valence-corrected chi connectivity index (χ0v) is 19.3. The Morgan fingerprint density at radius 1 is 1.37 bits per heavy atom. The number of hydrogen-bond acceptors (Lipinski definition) is 6. The van der Waals surface area contributed by atoms with Crippen molar-refractivity contribution in [2.24, 2.45) is 5.92 Å². The summed E-state index contributed by atoms with van der Waals surface area (Å²) in [6, 6.07) is 3.40. The van der Waals surface area contributed by atoms with Crippen LogP contribution in [0.25, 0.3) is 0 Å². The molecular weight excluding hydrogens is 470 g/mol. The SMILES string of the molecule is CC(C)OC(=O)C1=C(NC(=O)c2ccc(Cn3cc(Br)cn3)o2)SC2CCCCC12. The number of esters is 1. The van der Waals surface area contributed by atoms with Gasteiger partial charge in [0.25, 0.3) is 5.91 Å². The molecule has 7 nitrogen and oxygen atoms in total. The lowest BCUT2D eigenvalue weighted by atomic mass is 9.84. The number of amides is 1. The maximum Gasteiger partial charge on any atom is 0.337 e. The monoisotopic (exact) mass is 493 g/mol. The van der Waals surface area contributed by atoms with E-state index in [-0.39, 0.29) is 29.7 Å². The van der Waals surface area contributed by atoms with E-state index in [1.165, 1.54) is 0 Å². The number of aromatic nitrogens is 2. The molecule has 0 radical (unpaired) electrons. The highest BCUT2D eigenvalue weighted by molar-refractivity contribution is 9.10. The standard InChI is InChI=1S/C21H24BrN3O4S/c1-12(2)28-21(27)18-15-5-3-4-6-17(15)30-20(18)24-19(26)16-8-7-14(29-16)11-25-10-13(22)9-23-25/h7-10,12,15,17H,3-6,11H2,1-2H3,(H,24,26). The largest absolute Gasteiger partial charge is 0.460 e. The predicted molar refractivity (Wildman–Crippen MR) is 117 cm³/mol. The Morgan fingerprint density at radius 2 is 2.17 bits per heavy atom. The molecule has 1 amide bonds. The maximum absolute atomic E-state index is 12.8. The number of nitrogens with zero attached hydrogens (tertiary/aromatic N) is 2. The van der Waals surface area contributed by atoms with Gasteiger partial charge in [-0.1, -0.05) is 12.8 Å². The number of rotatable bonds is 6. The van der Waals surface area contributed by atoms with Crippen LogP contribution in [0.4, 0.5) is 0 Å². The molecule has 2 aliphatic rings. The first-order valence-corrected chi connectivity index (χ1v) is 11.8. The van der Waals surface area contributed by atoms with E-state index in [2.05, 4.69) is 26.3 Å². The van der Waals surface area contributed by atoms with Gasteiger partial charge in [0.15, 0.2) is 5.76 Å². The predicted octanol–water partition coefficient (Wildman–Crippen LogP) is 4.49. The minimum atomic E-state index is -0.362. The normalized spacial score (nSPS) is 21.1. The van der Waals surface area contributed by atoms with Crippen LogP contribution in [0.2, 0.25) is 0 Å². The van der Waals surface area contributed by atoms with Crippen LogP contribution in [0.1, 0.15) is 55.8 Å². The lowest BCUT2D eigenvalue weighted by Gasteiger charge is -2.25. The number of hydrogen-bond donors (Lipinski definition) is 1. The van der Waals surface area contributed by atoms with E-state index in [9.17, 15) is 9.59 Å². The third-order valence-electron chi connectivity index (χ3n) is 5.18. The third-order valence-corrected chi connectivity index (χ3v) is 7.02. The maximum atomic E-state index is 12.8. The van der Waals surface area contributed by atoms with E-state index in [1.54, 1.807) is 34.8 Å². The van der Waals surface area contributed by atoms with Crippen LogP contribution >= 0.6 is 27.7 Å². The first-order chi connectivity index (χ1) is 14.4. The number of fused-ring (bicyclic) bond motifs is 1. The molecule has 0 aromatic carbocycles. The van der Waals surface area contributed by atoms with Crippen molar-refractivity contribution in [2.75, 3.05) is 0 Å². The lowest BCUT2D eigenvalue weighted by Crippen LogP contribution is -2.27. The molecule has 2 aromatic rings. The van der Waals surface area contributed by atoms with Crippen LogP contribution in [0.15, 0.2) is 44.0 Å². The topological polar surface area (TPSA) is 86.4 Å². The summed E-state index contributed by atoms with van der Waals surface area (Å²) < 4.78 is 13.8. The highest BCUT2D eigenvalue weighted by atomic mass is 79.9. The van der Waals surface area contributed by atoms with Gasteiger partial charge in [0, 0.05) is 17.4 Å². The minimum Gasteiger partial charge on any atom is -0.460 e. The molecule has 2 unspecified atom stereocenters. The molecule has 0 saturated heterocycles. The summed E-state index contributed by atoms with van der Waals surface area (Å²) >= 11 is 4.94. The van der Waals surface area contributed by atoms with E-state index in [0.717, 1.165) is 30.2 Å². The van der Waals surface area contributed by atoms with Crippen molar-refractivity contribution in [2.45, 2.75) is 57.4 Å². The van der Waals surface area contributed by atoms with Gasteiger partial charge in [-0.05, 0) is 54.8 Å². The smallest absolute Gasteiger partial charge is 0.337 e. The minimum absolute atomic E-state index is 0.135. The molecule has 1 N–H and O–H groups in total. The fourth-order valence-electron chi connectivity index (χ4n) is 3.90. The summed E-state index contributed by atoms with van der Waals surface area (Å²) in [5.74, 6) is 0.272. The quantitative estimate of drug-likeness (QED) is 0.596. The van der Waals surface area contributed by atoms with Crippen molar-refractivity contribution < 1.29 is 18.7 Å². The summed E-state index contributed by atoms with van der Waals surface area (Å²) in [7, 11) is 0. The number of carbonyl (C=O) groups excluding carboxylic acids is 2. The summed E-state index contributed by atoms with van der Waals surface area (Å²) in [6.45, 7) is 4.09. The Balaban J connectivity index is 1.50. The number of ether oxygens (including phenoxy) is 1. The molecule has 160 valence electrons. The van der Waals surface area contributed by atoms with Crippen molar-refractivity contribution in [3.05, 3.63) is 51.1 Å². The molecular formula is C21H24BrN3O4S. The Hall–Kier alpha value is -2.00. The zero-order valence-electron chi connectivity index (χ0n) is 16.9. The highest BCUT2D eigenvalue weighted by Gasteiger charge is 2.42. The molecule has 2 aromatic heterocycles. The van der Waals surface area contributed by atoms with Crippen LogP contribution in [0.3, 0.4) is 0 Å². The lowest BCUT2D eigenvalue weighted by molar-refractivity contribution is -0.143. The van der Waals surface area contributed by atoms with Gasteiger partial charge in [-0.2, -0.15) is 5.10 Å². The Morgan fingerprint density at radius 3 is 2.90 bits per heavy atom. The van der Waals surface area contributed by atoms with Crippen molar-refractivity contribution in [1.82, 2.24) is 15.1 Å². The molecule has 9 heteroatoms. The summed E-state index contributed by atoms with van der Waals surface area (Å²) in [5, 5.41) is 8.03. The van der Waals surface area contributed by atoms with Gasteiger partial charge < -0.3 is 14.5 Å². The molecule has 2 atom stereocenters. The highest BCUT2D eigenvalue weighted by Crippen LogP contribution is 2.48. The number of nitrogens with one attached hydrogen (secondary N) is 1. The molecule has 1 saturated carbocycles. The summed E-state index contributed by atoms with van der Waals surface area (Å²) in [5.41, 5.74) is 0.611. The van der Waals surface area contributed by atoms with Crippen molar-refractivity contribution >= 4 is 39.6 Å². The van der Waals surface area contributed by atoms with Crippen molar-refractivity contribution in [3.8, 4) is 0 Å². The van der Waals surface area contributed by atoms with Crippen LogP contribution in [0, 0.1) is 5.92 Å². The molecule has 1 fully saturated rings. The Bertz CT molecular complexity index is 981. The van der Waals surface area contributed by atoms with Gasteiger partial charge in [-0.3, -0.25) is 9.48 Å². The average molecular weight is 494 g/mol. The molecule has 0 bridgehead atoms. The van der Waals surface area contributed by atoms with Gasteiger partial charge in [0.1, 0.15) is 5.76 Å². The van der Waals surface area contributed by atoms with Gasteiger partial charge in [-0.15, -0.1) is 11.8 Å². The average Bonchev–Trinajstić information content (AvgIpc) is 3.39. The molecule has 0 spiro atoms. The van der Waals surface area contributed by atoms with E-state index in [0.29, 0.717) is 28.2 Å². The number of thioether (sulfide) groups is 1. The summed E-state index contributed by atoms with van der Waals surface area (Å²) in [6.07, 6.45) is 7.54. The number of halogens is 1. The van der Waals surface area contributed by atoms with E-state index < -0.39 is 0 Å². The van der Waals surface area contributed by atoms with Gasteiger partial charge >= 0.3 is 5.97 Å². The molecule has 3 heterocycles. The first kappa shape index (κ1) is 21.2. The molecule has 4 rings (SSSR count). The van der Waals surface area contributed by atoms with Crippen LogP contribution in [-0.4, -0.2) is 33.0 Å².